The van der Waals surface area contributed by atoms with Gasteiger partial charge in [0.25, 0.3) is 11.8 Å². The molecule has 1 fully saturated rings. The molecule has 1 aliphatic carbocycles. The van der Waals surface area contributed by atoms with Gasteiger partial charge in [0.1, 0.15) is 0 Å². The van der Waals surface area contributed by atoms with Crippen molar-refractivity contribution in [1.29, 1.82) is 0 Å². The van der Waals surface area contributed by atoms with Gasteiger partial charge in [-0.1, -0.05) is 25.8 Å². The molecule has 0 bridgehead atoms. The summed E-state index contributed by atoms with van der Waals surface area (Å²) in [5.74, 6) is -1.46. The highest BCUT2D eigenvalue weighted by molar-refractivity contribution is 6.00. The van der Waals surface area contributed by atoms with Gasteiger partial charge in [-0.2, -0.15) is 0 Å². The number of benzene rings is 1. The van der Waals surface area contributed by atoms with Crippen LogP contribution < -0.4 is 10.6 Å². The summed E-state index contributed by atoms with van der Waals surface area (Å²) in [5, 5.41) is 14.8. The summed E-state index contributed by atoms with van der Waals surface area (Å²) >= 11 is 0. The summed E-state index contributed by atoms with van der Waals surface area (Å²) in [6.45, 7) is 2.55. The average molecular weight is 332 g/mol. The number of carbonyl (C=O) groups excluding carboxylic acids is 2. The summed E-state index contributed by atoms with van der Waals surface area (Å²) in [6.07, 6.45) is 3.92. The summed E-state index contributed by atoms with van der Waals surface area (Å²) < 4.78 is 0. The fourth-order valence-electron chi connectivity index (χ4n) is 3.14. The molecule has 0 atom stereocenters. The van der Waals surface area contributed by atoms with E-state index in [0.717, 1.165) is 19.3 Å². The Hall–Kier alpha value is -2.37. The molecule has 1 saturated carbocycles. The number of hydrogen-bond acceptors (Lipinski definition) is 3. The van der Waals surface area contributed by atoms with E-state index in [1.54, 1.807) is 24.3 Å². The van der Waals surface area contributed by atoms with Crippen LogP contribution in [0.25, 0.3) is 0 Å². The summed E-state index contributed by atoms with van der Waals surface area (Å²) in [5.41, 5.74) is 0.120. The van der Waals surface area contributed by atoms with Gasteiger partial charge in [0.05, 0.1) is 12.0 Å². The van der Waals surface area contributed by atoms with Crippen LogP contribution >= 0.6 is 0 Å². The Kier molecular flexibility index (Phi) is 5.95. The molecule has 0 radical (unpaired) electrons. The molecule has 3 N–H and O–H groups in total. The van der Waals surface area contributed by atoms with Crippen molar-refractivity contribution in [2.24, 2.45) is 0 Å². The largest absolute Gasteiger partial charge is 0.481 e. The lowest BCUT2D eigenvalue weighted by Crippen LogP contribution is -2.47. The first-order chi connectivity index (χ1) is 11.5. The standard InChI is InChI=1S/C18H24N2O4/c1-2-10-19-16(23)13-6-5-7-14(11-13)17(24)20-18(12-15(21)22)8-3-4-9-18/h5-7,11H,2-4,8-10,12H2,1H3,(H,19,23)(H,20,24)(H,21,22). The summed E-state index contributed by atoms with van der Waals surface area (Å²) in [6, 6.07) is 6.50. The maximum absolute atomic E-state index is 12.5. The van der Waals surface area contributed by atoms with E-state index in [1.807, 2.05) is 6.92 Å². The Bertz CT molecular complexity index is 621. The molecule has 24 heavy (non-hydrogen) atoms. The molecule has 0 aromatic heterocycles. The molecule has 0 unspecified atom stereocenters. The highest BCUT2D eigenvalue weighted by atomic mass is 16.4. The van der Waals surface area contributed by atoms with E-state index in [-0.39, 0.29) is 18.2 Å². The van der Waals surface area contributed by atoms with E-state index in [1.165, 1.54) is 0 Å². The van der Waals surface area contributed by atoms with Crippen molar-refractivity contribution >= 4 is 17.8 Å². The van der Waals surface area contributed by atoms with Gasteiger partial charge in [-0.25, -0.2) is 0 Å². The number of carboxylic acid groups (broad SMARTS) is 1. The minimum Gasteiger partial charge on any atom is -0.481 e. The smallest absolute Gasteiger partial charge is 0.305 e. The van der Waals surface area contributed by atoms with E-state index in [4.69, 9.17) is 5.11 Å². The van der Waals surface area contributed by atoms with Crippen LogP contribution in [0.4, 0.5) is 0 Å². The Morgan fingerprint density at radius 3 is 2.33 bits per heavy atom. The molecular weight excluding hydrogens is 308 g/mol. The van der Waals surface area contributed by atoms with Crippen LogP contribution in [0.3, 0.4) is 0 Å². The fourth-order valence-corrected chi connectivity index (χ4v) is 3.14. The normalized spacial score (nSPS) is 15.7. The zero-order valence-corrected chi connectivity index (χ0v) is 13.9. The lowest BCUT2D eigenvalue weighted by Gasteiger charge is -2.28. The highest BCUT2D eigenvalue weighted by Crippen LogP contribution is 2.33. The zero-order valence-electron chi connectivity index (χ0n) is 13.9. The van der Waals surface area contributed by atoms with Gasteiger partial charge in [0.2, 0.25) is 0 Å². The Labute approximate surface area is 141 Å². The molecule has 6 heteroatoms. The SMILES string of the molecule is CCCNC(=O)c1cccc(C(=O)NC2(CC(=O)O)CCCC2)c1. The third-order valence-corrected chi connectivity index (χ3v) is 4.35. The van der Waals surface area contributed by atoms with Crippen LogP contribution in [0.1, 0.15) is 66.2 Å². The molecule has 0 spiro atoms. The second-order valence-electron chi connectivity index (χ2n) is 6.35. The van der Waals surface area contributed by atoms with E-state index >= 15 is 0 Å². The molecule has 1 aromatic carbocycles. The minimum atomic E-state index is -0.912. The van der Waals surface area contributed by atoms with Gasteiger partial charge in [0.15, 0.2) is 0 Å². The predicted molar refractivity (Wildman–Crippen MR) is 90.0 cm³/mol. The van der Waals surface area contributed by atoms with Crippen LogP contribution in [0.5, 0.6) is 0 Å². The lowest BCUT2D eigenvalue weighted by molar-refractivity contribution is -0.138. The lowest BCUT2D eigenvalue weighted by atomic mass is 9.92. The van der Waals surface area contributed by atoms with Crippen LogP contribution in [-0.4, -0.2) is 35.0 Å². The van der Waals surface area contributed by atoms with Crippen LogP contribution in [0.15, 0.2) is 24.3 Å². The average Bonchev–Trinajstić information content (AvgIpc) is 2.99. The van der Waals surface area contributed by atoms with Crippen molar-refractivity contribution < 1.29 is 19.5 Å². The van der Waals surface area contributed by atoms with Crippen molar-refractivity contribution in [2.75, 3.05) is 6.54 Å². The van der Waals surface area contributed by atoms with Gasteiger partial charge in [-0.15, -0.1) is 0 Å². The number of carbonyl (C=O) groups is 3. The van der Waals surface area contributed by atoms with Crippen molar-refractivity contribution in [3.05, 3.63) is 35.4 Å². The molecule has 0 saturated heterocycles. The van der Waals surface area contributed by atoms with Crippen molar-refractivity contribution in [3.63, 3.8) is 0 Å². The number of hydrogen-bond donors (Lipinski definition) is 3. The van der Waals surface area contributed by atoms with E-state index in [9.17, 15) is 14.4 Å². The zero-order chi connectivity index (χ0) is 17.6. The Balaban J connectivity index is 2.11. The van der Waals surface area contributed by atoms with Gasteiger partial charge >= 0.3 is 5.97 Å². The molecular formula is C18H24N2O4. The molecule has 2 rings (SSSR count). The van der Waals surface area contributed by atoms with Gasteiger partial charge in [0, 0.05) is 17.7 Å². The first kappa shape index (κ1) is 18.0. The predicted octanol–water partition coefficient (Wildman–Crippen LogP) is 2.34. The number of aliphatic carboxylic acids is 1. The molecule has 0 aliphatic heterocycles. The molecule has 0 heterocycles. The van der Waals surface area contributed by atoms with Crippen molar-refractivity contribution in [3.8, 4) is 0 Å². The van der Waals surface area contributed by atoms with Crippen LogP contribution in [0, 0.1) is 0 Å². The van der Waals surface area contributed by atoms with Crippen LogP contribution in [0.2, 0.25) is 0 Å². The molecule has 6 nitrogen and oxygen atoms in total. The second-order valence-corrected chi connectivity index (χ2v) is 6.35. The molecule has 2 amide bonds. The summed E-state index contributed by atoms with van der Waals surface area (Å²) in [7, 11) is 0. The minimum absolute atomic E-state index is 0.0740. The van der Waals surface area contributed by atoms with Gasteiger partial charge in [-0.3, -0.25) is 14.4 Å². The Morgan fingerprint density at radius 2 is 1.75 bits per heavy atom. The fraction of sp³-hybridized carbons (Fsp3) is 0.500. The van der Waals surface area contributed by atoms with E-state index in [0.29, 0.717) is 30.5 Å². The molecule has 1 aliphatic rings. The number of rotatable bonds is 7. The second kappa shape index (κ2) is 7.95. The first-order valence-corrected chi connectivity index (χ1v) is 8.38. The van der Waals surface area contributed by atoms with Gasteiger partial charge < -0.3 is 15.7 Å². The Morgan fingerprint density at radius 1 is 1.12 bits per heavy atom. The quantitative estimate of drug-likeness (QED) is 0.714. The van der Waals surface area contributed by atoms with Crippen molar-refractivity contribution in [1.82, 2.24) is 10.6 Å². The third kappa shape index (κ3) is 4.57. The van der Waals surface area contributed by atoms with E-state index in [2.05, 4.69) is 10.6 Å². The first-order valence-electron chi connectivity index (χ1n) is 8.38. The third-order valence-electron chi connectivity index (χ3n) is 4.35. The van der Waals surface area contributed by atoms with Crippen molar-refractivity contribution in [2.45, 2.75) is 51.0 Å². The highest BCUT2D eigenvalue weighted by Gasteiger charge is 2.37. The summed E-state index contributed by atoms with van der Waals surface area (Å²) in [4.78, 5) is 35.7. The molecule has 1 aromatic rings. The number of amides is 2. The van der Waals surface area contributed by atoms with E-state index < -0.39 is 11.5 Å². The van der Waals surface area contributed by atoms with Crippen LogP contribution in [-0.2, 0) is 4.79 Å². The van der Waals surface area contributed by atoms with Gasteiger partial charge in [-0.05, 0) is 37.5 Å². The topological polar surface area (TPSA) is 95.5 Å². The number of carboxylic acids is 1. The monoisotopic (exact) mass is 332 g/mol. The molecule has 130 valence electrons. The maximum Gasteiger partial charge on any atom is 0.305 e. The number of nitrogens with one attached hydrogen (secondary N) is 2. The maximum atomic E-state index is 12.5.